The molecule has 3 aliphatic rings. The molecule has 0 bridgehead atoms. The lowest BCUT2D eigenvalue weighted by Gasteiger charge is -2.38. The van der Waals surface area contributed by atoms with E-state index in [0.29, 0.717) is 58.9 Å². The van der Waals surface area contributed by atoms with Crippen LogP contribution in [0.1, 0.15) is 25.7 Å². The van der Waals surface area contributed by atoms with Gasteiger partial charge < -0.3 is 15.4 Å². The number of amides is 1. The van der Waals surface area contributed by atoms with Gasteiger partial charge in [0.2, 0.25) is 5.91 Å². The fourth-order valence-electron chi connectivity index (χ4n) is 3.78. The Morgan fingerprint density at radius 2 is 1.62 bits per heavy atom. The highest BCUT2D eigenvalue weighted by molar-refractivity contribution is 7.86. The molecule has 24 heavy (non-hydrogen) atoms. The zero-order valence-electron chi connectivity index (χ0n) is 14.1. The summed E-state index contributed by atoms with van der Waals surface area (Å²) in [5.74, 6) is 0.397. The molecule has 2 N–H and O–H groups in total. The third-order valence-electron chi connectivity index (χ3n) is 5.37. The van der Waals surface area contributed by atoms with E-state index in [4.69, 9.17) is 10.5 Å². The van der Waals surface area contributed by atoms with Crippen LogP contribution in [0.3, 0.4) is 0 Å². The molecular weight excluding hydrogens is 332 g/mol. The summed E-state index contributed by atoms with van der Waals surface area (Å²) in [6.45, 7) is 3.35. The van der Waals surface area contributed by atoms with Gasteiger partial charge in [0.15, 0.2) is 0 Å². The van der Waals surface area contributed by atoms with Crippen molar-refractivity contribution in [1.82, 2.24) is 13.5 Å². The number of piperazine rings is 1. The molecule has 0 aromatic rings. The van der Waals surface area contributed by atoms with Crippen molar-refractivity contribution < 1.29 is 17.9 Å². The molecule has 138 valence electrons. The van der Waals surface area contributed by atoms with Crippen molar-refractivity contribution in [3.8, 4) is 0 Å². The minimum absolute atomic E-state index is 0.112. The molecule has 0 unspecified atom stereocenters. The smallest absolute Gasteiger partial charge is 0.282 e. The highest BCUT2D eigenvalue weighted by Crippen LogP contribution is 2.27. The van der Waals surface area contributed by atoms with Gasteiger partial charge in [0.25, 0.3) is 10.2 Å². The van der Waals surface area contributed by atoms with Gasteiger partial charge >= 0.3 is 0 Å². The molecule has 2 heterocycles. The zero-order chi connectivity index (χ0) is 17.2. The number of nitrogens with two attached hydrogens (primary N) is 1. The van der Waals surface area contributed by atoms with Gasteiger partial charge in [-0.3, -0.25) is 4.79 Å². The highest BCUT2D eigenvalue weighted by atomic mass is 32.2. The number of rotatable bonds is 4. The minimum atomic E-state index is -3.44. The van der Waals surface area contributed by atoms with E-state index in [-0.39, 0.29) is 17.9 Å². The molecule has 0 spiro atoms. The van der Waals surface area contributed by atoms with Crippen molar-refractivity contribution in [1.29, 1.82) is 0 Å². The molecule has 2 aliphatic heterocycles. The Kier molecular flexibility index (Phi) is 5.76. The van der Waals surface area contributed by atoms with Gasteiger partial charge in [-0.15, -0.1) is 0 Å². The van der Waals surface area contributed by atoms with Crippen molar-refractivity contribution in [3.05, 3.63) is 0 Å². The van der Waals surface area contributed by atoms with Crippen LogP contribution in [0.5, 0.6) is 0 Å². The molecule has 0 aromatic heterocycles. The van der Waals surface area contributed by atoms with Crippen LogP contribution < -0.4 is 5.73 Å². The Morgan fingerprint density at radius 1 is 1.00 bits per heavy atom. The summed E-state index contributed by atoms with van der Waals surface area (Å²) in [7, 11) is -3.44. The second kappa shape index (κ2) is 7.65. The Bertz CT molecular complexity index is 542. The second-order valence-electron chi connectivity index (χ2n) is 6.86. The third kappa shape index (κ3) is 3.91. The van der Waals surface area contributed by atoms with Gasteiger partial charge in [-0.25, -0.2) is 0 Å². The molecule has 2 atom stereocenters. The van der Waals surface area contributed by atoms with Crippen molar-refractivity contribution in [2.45, 2.75) is 31.7 Å². The Labute approximate surface area is 144 Å². The van der Waals surface area contributed by atoms with Crippen molar-refractivity contribution in [2.24, 2.45) is 11.7 Å². The lowest BCUT2D eigenvalue weighted by Crippen LogP contribution is -2.56. The van der Waals surface area contributed by atoms with Gasteiger partial charge in [-0.1, -0.05) is 6.42 Å². The third-order valence-corrected chi connectivity index (χ3v) is 7.40. The number of nitrogens with zero attached hydrogens (tertiary/aromatic N) is 3. The molecule has 0 aromatic carbocycles. The van der Waals surface area contributed by atoms with Gasteiger partial charge in [0.1, 0.15) is 0 Å². The number of carbonyl (C=O) groups is 1. The first-order valence-electron chi connectivity index (χ1n) is 8.85. The summed E-state index contributed by atoms with van der Waals surface area (Å²) in [4.78, 5) is 14.2. The van der Waals surface area contributed by atoms with Crippen LogP contribution >= 0.6 is 0 Å². The maximum absolute atomic E-state index is 12.6. The molecular formula is C15H28N4O4S. The van der Waals surface area contributed by atoms with E-state index in [1.165, 1.54) is 8.61 Å². The summed E-state index contributed by atoms with van der Waals surface area (Å²) < 4.78 is 33.4. The van der Waals surface area contributed by atoms with Gasteiger partial charge in [0.05, 0.1) is 13.2 Å². The molecule has 1 amide bonds. The summed E-state index contributed by atoms with van der Waals surface area (Å²) >= 11 is 0. The maximum Gasteiger partial charge on any atom is 0.282 e. The van der Waals surface area contributed by atoms with E-state index >= 15 is 0 Å². The monoisotopic (exact) mass is 360 g/mol. The minimum Gasteiger partial charge on any atom is -0.379 e. The number of carbonyl (C=O) groups excluding carboxylic acids is 1. The van der Waals surface area contributed by atoms with E-state index < -0.39 is 10.2 Å². The first-order chi connectivity index (χ1) is 11.5. The fourth-order valence-corrected chi connectivity index (χ4v) is 5.34. The van der Waals surface area contributed by atoms with Crippen molar-refractivity contribution in [3.63, 3.8) is 0 Å². The molecule has 3 rings (SSSR count). The largest absolute Gasteiger partial charge is 0.379 e. The van der Waals surface area contributed by atoms with Crippen LogP contribution in [0, 0.1) is 5.92 Å². The lowest BCUT2D eigenvalue weighted by molar-refractivity contribution is -0.133. The van der Waals surface area contributed by atoms with Gasteiger partial charge in [-0.2, -0.15) is 17.0 Å². The predicted octanol–water partition coefficient (Wildman–Crippen LogP) is -0.775. The highest BCUT2D eigenvalue weighted by Gasteiger charge is 2.35. The fraction of sp³-hybridized carbons (Fsp3) is 0.933. The summed E-state index contributed by atoms with van der Waals surface area (Å²) in [6, 6.07) is 0.136. The van der Waals surface area contributed by atoms with Crippen LogP contribution in [-0.2, 0) is 19.7 Å². The summed E-state index contributed by atoms with van der Waals surface area (Å²) in [6.07, 6.45) is 3.63. The molecule has 9 heteroatoms. The van der Waals surface area contributed by atoms with E-state index in [1.807, 2.05) is 0 Å². The Hall–Kier alpha value is -0.740. The topological polar surface area (TPSA) is 96.2 Å². The SMILES string of the molecule is N[C@@H]1CCC[C@H]1CC(=O)N1CCN(S(=O)(=O)N2CCOCC2)CC1. The Balaban J connectivity index is 1.50. The van der Waals surface area contributed by atoms with E-state index in [1.54, 1.807) is 4.90 Å². The molecule has 0 radical (unpaired) electrons. The van der Waals surface area contributed by atoms with E-state index in [9.17, 15) is 13.2 Å². The average Bonchev–Trinajstić information content (AvgIpc) is 3.00. The predicted molar refractivity (Wildman–Crippen MR) is 89.4 cm³/mol. The number of morpholine rings is 1. The van der Waals surface area contributed by atoms with Crippen LogP contribution in [0.25, 0.3) is 0 Å². The quantitative estimate of drug-likeness (QED) is 0.710. The first-order valence-corrected chi connectivity index (χ1v) is 10.2. The Morgan fingerprint density at radius 3 is 2.21 bits per heavy atom. The molecule has 2 saturated heterocycles. The molecule has 8 nitrogen and oxygen atoms in total. The average molecular weight is 360 g/mol. The number of hydrogen-bond donors (Lipinski definition) is 1. The van der Waals surface area contributed by atoms with Crippen LogP contribution in [0.2, 0.25) is 0 Å². The summed E-state index contributed by atoms with van der Waals surface area (Å²) in [5.41, 5.74) is 6.04. The lowest BCUT2D eigenvalue weighted by atomic mass is 9.99. The number of hydrogen-bond acceptors (Lipinski definition) is 5. The van der Waals surface area contributed by atoms with E-state index in [2.05, 4.69) is 0 Å². The second-order valence-corrected chi connectivity index (χ2v) is 8.79. The summed E-state index contributed by atoms with van der Waals surface area (Å²) in [5, 5.41) is 0. The number of ether oxygens (including phenoxy) is 1. The normalized spacial score (nSPS) is 30.6. The molecule has 1 aliphatic carbocycles. The van der Waals surface area contributed by atoms with Gasteiger partial charge in [-0.05, 0) is 18.8 Å². The molecule has 1 saturated carbocycles. The maximum atomic E-state index is 12.6. The van der Waals surface area contributed by atoms with Crippen LogP contribution in [-0.4, -0.2) is 86.4 Å². The zero-order valence-corrected chi connectivity index (χ0v) is 14.9. The van der Waals surface area contributed by atoms with Crippen LogP contribution in [0.4, 0.5) is 0 Å². The molecule has 3 fully saturated rings. The van der Waals surface area contributed by atoms with Crippen LogP contribution in [0.15, 0.2) is 0 Å². The van der Waals surface area contributed by atoms with Crippen molar-refractivity contribution in [2.75, 3.05) is 52.5 Å². The first kappa shape index (κ1) is 18.1. The van der Waals surface area contributed by atoms with E-state index in [0.717, 1.165) is 19.3 Å². The van der Waals surface area contributed by atoms with Gasteiger partial charge in [0, 0.05) is 51.7 Å². The van der Waals surface area contributed by atoms with Crippen molar-refractivity contribution >= 4 is 16.1 Å². The standard InChI is InChI=1S/C15H28N4O4S/c16-14-3-1-2-13(14)12-15(20)17-4-6-18(7-5-17)24(21,22)19-8-10-23-11-9-19/h13-14H,1-12,16H2/t13-,14+/m0/s1.